The molecule has 20 heavy (non-hydrogen) atoms. The maximum atomic E-state index is 9.90. The first-order chi connectivity index (χ1) is 9.27. The molecule has 120 valence electrons. The zero-order valence-electron chi connectivity index (χ0n) is 11.1. The largest absolute Gasteiger partial charge is 0.394 e. The Kier molecular flexibility index (Phi) is 5.84. The highest BCUT2D eigenvalue weighted by Gasteiger charge is 2.57. The molecule has 7 N–H and O–H groups in total. The van der Waals surface area contributed by atoms with Gasteiger partial charge in [0.05, 0.1) is 19.8 Å². The fourth-order valence-corrected chi connectivity index (χ4v) is 1.97. The van der Waals surface area contributed by atoms with Crippen molar-refractivity contribution in [3.63, 3.8) is 0 Å². The fraction of sp³-hybridized carbons (Fsp3) is 1.00. The summed E-state index contributed by atoms with van der Waals surface area (Å²) < 4.78 is 10.3. The molecule has 0 spiro atoms. The molecule has 0 aliphatic carbocycles. The molecule has 6 atom stereocenters. The molecule has 1 aliphatic rings. The first-order valence-electron chi connectivity index (χ1n) is 6.15. The van der Waals surface area contributed by atoms with Crippen LogP contribution in [0.5, 0.6) is 0 Å². The molecule has 0 saturated carbocycles. The summed E-state index contributed by atoms with van der Waals surface area (Å²) in [6, 6.07) is 0. The maximum absolute atomic E-state index is 9.90. The van der Waals surface area contributed by atoms with Crippen LogP contribution in [0.1, 0.15) is 6.92 Å². The Morgan fingerprint density at radius 2 is 1.85 bits per heavy atom. The Morgan fingerprint density at radius 3 is 2.20 bits per heavy atom. The van der Waals surface area contributed by atoms with E-state index in [4.69, 9.17) is 19.7 Å². The summed E-state index contributed by atoms with van der Waals surface area (Å²) in [5.41, 5.74) is -1.86. The Bertz CT molecular complexity index is 310. The molecule has 1 rings (SSSR count). The van der Waals surface area contributed by atoms with Crippen LogP contribution in [0, 0.1) is 0 Å². The van der Waals surface area contributed by atoms with Crippen LogP contribution in [-0.2, 0) is 9.47 Å². The van der Waals surface area contributed by atoms with Gasteiger partial charge in [0.15, 0.2) is 0 Å². The SMILES string of the molecule is C[C@](O)(CO)[C@@H](CO)O[C@]1(CO)O[C@H](CO)[C@@H](O)[C@@H]1O. The Hall–Kier alpha value is -0.360. The number of rotatable bonds is 7. The predicted octanol–water partition coefficient (Wildman–Crippen LogP) is -4.09. The van der Waals surface area contributed by atoms with E-state index in [1.807, 2.05) is 0 Å². The van der Waals surface area contributed by atoms with Crippen LogP contribution >= 0.6 is 0 Å². The Balaban J connectivity index is 2.95. The lowest BCUT2D eigenvalue weighted by Gasteiger charge is -2.38. The molecule has 1 fully saturated rings. The second kappa shape index (κ2) is 6.60. The van der Waals surface area contributed by atoms with Gasteiger partial charge in [-0.15, -0.1) is 0 Å². The number of hydrogen-bond donors (Lipinski definition) is 7. The lowest BCUT2D eigenvalue weighted by Crippen LogP contribution is -2.57. The van der Waals surface area contributed by atoms with E-state index in [-0.39, 0.29) is 0 Å². The van der Waals surface area contributed by atoms with Gasteiger partial charge >= 0.3 is 0 Å². The highest BCUT2D eigenvalue weighted by atomic mass is 16.7. The monoisotopic (exact) mass is 298 g/mol. The van der Waals surface area contributed by atoms with Crippen molar-refractivity contribution in [2.45, 2.75) is 42.7 Å². The molecule has 9 heteroatoms. The van der Waals surface area contributed by atoms with E-state index in [1.165, 1.54) is 6.92 Å². The quantitative estimate of drug-likeness (QED) is 0.248. The van der Waals surface area contributed by atoms with E-state index >= 15 is 0 Å². The summed E-state index contributed by atoms with van der Waals surface area (Å²) in [5, 5.41) is 66.1. The standard InChI is InChI=1S/C11H22O9/c1-10(18,4-14)7(3-13)20-11(5-15)9(17)8(16)6(2-12)19-11/h6-9,12-18H,2-5H2,1H3/t6-,7-,8-,9+,10+,11+/m1/s1. The average molecular weight is 298 g/mol. The smallest absolute Gasteiger partial charge is 0.222 e. The molecule has 1 aliphatic heterocycles. The van der Waals surface area contributed by atoms with Crippen LogP contribution in [0.3, 0.4) is 0 Å². The summed E-state index contributed by atoms with van der Waals surface area (Å²) in [4.78, 5) is 0. The third kappa shape index (κ3) is 3.11. The molecule has 0 radical (unpaired) electrons. The van der Waals surface area contributed by atoms with E-state index < -0.39 is 62.2 Å². The summed E-state index contributed by atoms with van der Waals surface area (Å²) in [6.07, 6.45) is -5.78. The summed E-state index contributed by atoms with van der Waals surface area (Å²) in [5.74, 6) is -2.11. The van der Waals surface area contributed by atoms with E-state index in [9.17, 15) is 25.5 Å². The van der Waals surface area contributed by atoms with E-state index in [0.717, 1.165) is 0 Å². The lowest BCUT2D eigenvalue weighted by molar-refractivity contribution is -0.319. The third-order valence-corrected chi connectivity index (χ3v) is 3.43. The van der Waals surface area contributed by atoms with E-state index in [0.29, 0.717) is 0 Å². The number of aliphatic hydroxyl groups is 7. The van der Waals surface area contributed by atoms with Gasteiger partial charge in [-0.1, -0.05) is 0 Å². The van der Waals surface area contributed by atoms with Crippen molar-refractivity contribution in [1.82, 2.24) is 0 Å². The van der Waals surface area contributed by atoms with Crippen LogP contribution in [0.15, 0.2) is 0 Å². The zero-order valence-corrected chi connectivity index (χ0v) is 11.1. The van der Waals surface area contributed by atoms with Crippen molar-refractivity contribution in [2.24, 2.45) is 0 Å². The van der Waals surface area contributed by atoms with Crippen molar-refractivity contribution in [2.75, 3.05) is 26.4 Å². The molecule has 1 saturated heterocycles. The van der Waals surface area contributed by atoms with Gasteiger partial charge in [-0.05, 0) is 6.92 Å². The molecule has 9 nitrogen and oxygen atoms in total. The minimum absolute atomic E-state index is 0.622. The first-order valence-corrected chi connectivity index (χ1v) is 6.15. The minimum Gasteiger partial charge on any atom is -0.394 e. The molecule has 0 aromatic carbocycles. The maximum Gasteiger partial charge on any atom is 0.222 e. The van der Waals surface area contributed by atoms with Gasteiger partial charge in [0, 0.05) is 0 Å². The number of hydrogen-bond acceptors (Lipinski definition) is 9. The van der Waals surface area contributed by atoms with Gasteiger partial charge in [-0.25, -0.2) is 0 Å². The Morgan fingerprint density at radius 1 is 1.25 bits per heavy atom. The van der Waals surface area contributed by atoms with Crippen molar-refractivity contribution in [3.8, 4) is 0 Å². The third-order valence-electron chi connectivity index (χ3n) is 3.43. The van der Waals surface area contributed by atoms with Gasteiger partial charge < -0.3 is 45.2 Å². The van der Waals surface area contributed by atoms with E-state index in [1.54, 1.807) is 0 Å². The van der Waals surface area contributed by atoms with Gasteiger partial charge in [0.1, 0.15) is 36.6 Å². The summed E-state index contributed by atoms with van der Waals surface area (Å²) >= 11 is 0. The summed E-state index contributed by atoms with van der Waals surface area (Å²) in [7, 11) is 0. The van der Waals surface area contributed by atoms with Gasteiger partial charge in [0.25, 0.3) is 0 Å². The molecule has 0 aromatic rings. The number of ether oxygens (including phenoxy) is 2. The van der Waals surface area contributed by atoms with E-state index in [2.05, 4.69) is 0 Å². The second-order valence-corrected chi connectivity index (χ2v) is 5.05. The fourth-order valence-electron chi connectivity index (χ4n) is 1.97. The van der Waals surface area contributed by atoms with Crippen LogP contribution in [0.2, 0.25) is 0 Å². The highest BCUT2D eigenvalue weighted by molar-refractivity contribution is 4.98. The summed E-state index contributed by atoms with van der Waals surface area (Å²) in [6.45, 7) is -1.81. The van der Waals surface area contributed by atoms with Crippen LogP contribution < -0.4 is 0 Å². The van der Waals surface area contributed by atoms with Gasteiger partial charge in [-0.2, -0.15) is 0 Å². The molecule has 0 aromatic heterocycles. The molecule has 0 unspecified atom stereocenters. The lowest BCUT2D eigenvalue weighted by atomic mass is 9.99. The average Bonchev–Trinajstić information content (AvgIpc) is 2.69. The molecule has 1 heterocycles. The predicted molar refractivity (Wildman–Crippen MR) is 63.5 cm³/mol. The molecular weight excluding hydrogens is 276 g/mol. The highest BCUT2D eigenvalue weighted by Crippen LogP contribution is 2.34. The molecular formula is C11H22O9. The van der Waals surface area contributed by atoms with Crippen molar-refractivity contribution < 1.29 is 45.2 Å². The first kappa shape index (κ1) is 17.7. The second-order valence-electron chi connectivity index (χ2n) is 5.05. The topological polar surface area (TPSA) is 160 Å². The Labute approximate surface area is 115 Å². The van der Waals surface area contributed by atoms with Crippen molar-refractivity contribution in [3.05, 3.63) is 0 Å². The van der Waals surface area contributed by atoms with Crippen LogP contribution in [0.4, 0.5) is 0 Å². The van der Waals surface area contributed by atoms with Gasteiger partial charge in [-0.3, -0.25) is 0 Å². The number of aliphatic hydroxyl groups excluding tert-OH is 6. The minimum atomic E-state index is -2.11. The zero-order chi connectivity index (χ0) is 15.6. The van der Waals surface area contributed by atoms with Crippen molar-refractivity contribution >= 4 is 0 Å². The molecule has 0 bridgehead atoms. The van der Waals surface area contributed by atoms with Crippen molar-refractivity contribution in [1.29, 1.82) is 0 Å². The van der Waals surface area contributed by atoms with Crippen LogP contribution in [0.25, 0.3) is 0 Å². The van der Waals surface area contributed by atoms with Gasteiger partial charge in [0.2, 0.25) is 5.79 Å². The molecule has 0 amide bonds. The van der Waals surface area contributed by atoms with Crippen LogP contribution in [-0.4, -0.2) is 98.0 Å². The normalized spacial score (nSPS) is 38.7.